The van der Waals surface area contributed by atoms with E-state index in [-0.39, 0.29) is 6.04 Å². The van der Waals surface area contributed by atoms with Gasteiger partial charge in [-0.15, -0.1) is 0 Å². The van der Waals surface area contributed by atoms with Crippen LogP contribution in [0, 0.1) is 0 Å². The SMILES string of the molecule is NC1CCCN2C(=O)CCCC12. The van der Waals surface area contributed by atoms with Crippen LogP contribution in [0.3, 0.4) is 0 Å². The van der Waals surface area contributed by atoms with Gasteiger partial charge in [-0.1, -0.05) is 0 Å². The summed E-state index contributed by atoms with van der Waals surface area (Å²) in [5.41, 5.74) is 5.96. The Kier molecular flexibility index (Phi) is 2.05. The molecule has 2 heterocycles. The smallest absolute Gasteiger partial charge is 0.222 e. The molecule has 2 aliphatic rings. The molecule has 0 saturated carbocycles. The number of hydrogen-bond donors (Lipinski definition) is 1. The van der Waals surface area contributed by atoms with E-state index < -0.39 is 0 Å². The number of piperidine rings is 2. The van der Waals surface area contributed by atoms with Gasteiger partial charge in [0.05, 0.1) is 0 Å². The topological polar surface area (TPSA) is 46.3 Å². The molecular weight excluding hydrogens is 152 g/mol. The van der Waals surface area contributed by atoms with Gasteiger partial charge in [-0.3, -0.25) is 4.79 Å². The maximum Gasteiger partial charge on any atom is 0.222 e. The molecule has 2 atom stereocenters. The van der Waals surface area contributed by atoms with Crippen molar-refractivity contribution in [3.05, 3.63) is 0 Å². The molecule has 2 N–H and O–H groups in total. The molecule has 0 aromatic rings. The molecule has 3 heteroatoms. The summed E-state index contributed by atoms with van der Waals surface area (Å²) in [6.45, 7) is 0.942. The lowest BCUT2D eigenvalue weighted by molar-refractivity contribution is -0.138. The monoisotopic (exact) mass is 168 g/mol. The summed E-state index contributed by atoms with van der Waals surface area (Å²) in [7, 11) is 0. The number of amides is 1. The first kappa shape index (κ1) is 8.05. The summed E-state index contributed by atoms with van der Waals surface area (Å²) in [5, 5.41) is 0. The lowest BCUT2D eigenvalue weighted by atomic mass is 9.89. The van der Waals surface area contributed by atoms with Gasteiger partial charge in [0.2, 0.25) is 5.91 Å². The summed E-state index contributed by atoms with van der Waals surface area (Å²) < 4.78 is 0. The van der Waals surface area contributed by atoms with Gasteiger partial charge in [0.25, 0.3) is 0 Å². The molecule has 0 aliphatic carbocycles. The van der Waals surface area contributed by atoms with E-state index in [9.17, 15) is 4.79 Å². The highest BCUT2D eigenvalue weighted by molar-refractivity contribution is 5.77. The van der Waals surface area contributed by atoms with Gasteiger partial charge in [-0.25, -0.2) is 0 Å². The van der Waals surface area contributed by atoms with Crippen LogP contribution in [-0.2, 0) is 4.79 Å². The second-order valence-electron chi connectivity index (χ2n) is 3.85. The zero-order chi connectivity index (χ0) is 8.55. The highest BCUT2D eigenvalue weighted by Crippen LogP contribution is 2.25. The van der Waals surface area contributed by atoms with Gasteiger partial charge in [0.15, 0.2) is 0 Å². The summed E-state index contributed by atoms with van der Waals surface area (Å²) >= 11 is 0. The van der Waals surface area contributed by atoms with Gasteiger partial charge in [0.1, 0.15) is 0 Å². The third-order valence-corrected chi connectivity index (χ3v) is 3.04. The van der Waals surface area contributed by atoms with Crippen LogP contribution in [0.2, 0.25) is 0 Å². The second-order valence-corrected chi connectivity index (χ2v) is 3.85. The first-order chi connectivity index (χ1) is 5.79. The van der Waals surface area contributed by atoms with Gasteiger partial charge < -0.3 is 10.6 Å². The molecule has 2 rings (SSSR count). The molecule has 12 heavy (non-hydrogen) atoms. The van der Waals surface area contributed by atoms with Crippen molar-refractivity contribution in [3.8, 4) is 0 Å². The Bertz CT molecular complexity index is 193. The number of nitrogens with zero attached hydrogens (tertiary/aromatic N) is 1. The predicted octanol–water partition coefficient (Wildman–Crippen LogP) is 0.489. The molecule has 2 unspecified atom stereocenters. The summed E-state index contributed by atoms with van der Waals surface area (Å²) in [4.78, 5) is 13.4. The lowest BCUT2D eigenvalue weighted by Gasteiger charge is -2.42. The molecule has 68 valence electrons. The highest BCUT2D eigenvalue weighted by atomic mass is 16.2. The number of nitrogens with two attached hydrogens (primary N) is 1. The van der Waals surface area contributed by atoms with Gasteiger partial charge in [-0.2, -0.15) is 0 Å². The Morgan fingerprint density at radius 2 is 2.17 bits per heavy atom. The maximum absolute atomic E-state index is 11.4. The third-order valence-electron chi connectivity index (χ3n) is 3.04. The van der Waals surface area contributed by atoms with Crippen LogP contribution in [0.15, 0.2) is 0 Å². The molecular formula is C9H16N2O. The highest BCUT2D eigenvalue weighted by Gasteiger charge is 2.34. The molecule has 0 bridgehead atoms. The minimum absolute atomic E-state index is 0.239. The molecule has 0 radical (unpaired) electrons. The molecule has 2 aliphatic heterocycles. The standard InChI is InChI=1S/C9H16N2O/c10-7-3-2-6-11-8(7)4-1-5-9(11)12/h7-8H,1-6,10H2. The van der Waals surface area contributed by atoms with Crippen molar-refractivity contribution in [1.29, 1.82) is 0 Å². The van der Waals surface area contributed by atoms with Gasteiger partial charge in [-0.05, 0) is 25.7 Å². The fourth-order valence-electron chi connectivity index (χ4n) is 2.37. The van der Waals surface area contributed by atoms with Crippen LogP contribution in [0.5, 0.6) is 0 Å². The van der Waals surface area contributed by atoms with Crippen LogP contribution >= 0.6 is 0 Å². The van der Waals surface area contributed by atoms with Gasteiger partial charge >= 0.3 is 0 Å². The Morgan fingerprint density at radius 1 is 1.33 bits per heavy atom. The third kappa shape index (κ3) is 1.22. The molecule has 2 saturated heterocycles. The van der Waals surface area contributed by atoms with E-state index in [0.717, 1.165) is 38.6 Å². The van der Waals surface area contributed by atoms with E-state index in [1.807, 2.05) is 4.90 Å². The number of rotatable bonds is 0. The van der Waals surface area contributed by atoms with Gasteiger partial charge in [0, 0.05) is 25.0 Å². The number of fused-ring (bicyclic) bond motifs is 1. The Labute approximate surface area is 72.9 Å². The van der Waals surface area contributed by atoms with Crippen LogP contribution in [-0.4, -0.2) is 29.4 Å². The average Bonchev–Trinajstić information content (AvgIpc) is 2.07. The van der Waals surface area contributed by atoms with E-state index in [1.54, 1.807) is 0 Å². The second kappa shape index (κ2) is 3.05. The predicted molar refractivity (Wildman–Crippen MR) is 46.6 cm³/mol. The summed E-state index contributed by atoms with van der Waals surface area (Å²) in [6.07, 6.45) is 5.07. The molecule has 0 aromatic heterocycles. The number of carbonyl (C=O) groups excluding carboxylic acids is 1. The molecule has 0 aromatic carbocycles. The number of hydrogen-bond acceptors (Lipinski definition) is 2. The van der Waals surface area contributed by atoms with Crippen molar-refractivity contribution in [1.82, 2.24) is 4.90 Å². The zero-order valence-electron chi connectivity index (χ0n) is 7.33. The average molecular weight is 168 g/mol. The van der Waals surface area contributed by atoms with Crippen molar-refractivity contribution in [2.45, 2.75) is 44.2 Å². The van der Waals surface area contributed by atoms with E-state index >= 15 is 0 Å². The normalized spacial score (nSPS) is 36.4. The fourth-order valence-corrected chi connectivity index (χ4v) is 2.37. The molecule has 3 nitrogen and oxygen atoms in total. The van der Waals surface area contributed by atoms with E-state index in [1.165, 1.54) is 0 Å². The van der Waals surface area contributed by atoms with Crippen LogP contribution in [0.1, 0.15) is 32.1 Å². The molecule has 0 spiro atoms. The van der Waals surface area contributed by atoms with E-state index in [4.69, 9.17) is 5.73 Å². The first-order valence-corrected chi connectivity index (χ1v) is 4.84. The van der Waals surface area contributed by atoms with Crippen LogP contribution in [0.4, 0.5) is 0 Å². The number of carbonyl (C=O) groups is 1. The van der Waals surface area contributed by atoms with Crippen molar-refractivity contribution in [2.24, 2.45) is 5.73 Å². The minimum Gasteiger partial charge on any atom is -0.338 e. The Hall–Kier alpha value is -0.570. The Balaban J connectivity index is 2.10. The lowest BCUT2D eigenvalue weighted by Crippen LogP contribution is -2.56. The fraction of sp³-hybridized carbons (Fsp3) is 0.889. The van der Waals surface area contributed by atoms with E-state index in [2.05, 4.69) is 0 Å². The summed E-state index contributed by atoms with van der Waals surface area (Å²) in [6, 6.07) is 0.600. The molecule has 2 fully saturated rings. The largest absolute Gasteiger partial charge is 0.338 e. The zero-order valence-corrected chi connectivity index (χ0v) is 7.33. The first-order valence-electron chi connectivity index (χ1n) is 4.84. The minimum atomic E-state index is 0.239. The Morgan fingerprint density at radius 3 is 2.92 bits per heavy atom. The van der Waals surface area contributed by atoms with E-state index in [0.29, 0.717) is 11.9 Å². The van der Waals surface area contributed by atoms with Crippen molar-refractivity contribution < 1.29 is 4.79 Å². The van der Waals surface area contributed by atoms with Crippen LogP contribution < -0.4 is 5.73 Å². The van der Waals surface area contributed by atoms with Crippen molar-refractivity contribution >= 4 is 5.91 Å². The maximum atomic E-state index is 11.4. The van der Waals surface area contributed by atoms with Crippen molar-refractivity contribution in [2.75, 3.05) is 6.54 Å². The molecule has 1 amide bonds. The van der Waals surface area contributed by atoms with Crippen molar-refractivity contribution in [3.63, 3.8) is 0 Å². The summed E-state index contributed by atoms with van der Waals surface area (Å²) in [5.74, 6) is 0.321. The van der Waals surface area contributed by atoms with Crippen LogP contribution in [0.25, 0.3) is 0 Å². The quantitative estimate of drug-likeness (QED) is 0.572.